The van der Waals surface area contributed by atoms with Crippen LogP contribution in [-0.4, -0.2) is 34.2 Å². The molecule has 2 atom stereocenters. The molecule has 2 heterocycles. The zero-order chi connectivity index (χ0) is 19.8. The van der Waals surface area contributed by atoms with Gasteiger partial charge in [0.15, 0.2) is 5.13 Å². The molecule has 1 aliphatic carbocycles. The number of hydrogen-bond donors (Lipinski definition) is 1. The number of carbonyl (C=O) groups is 3. The molecule has 1 fully saturated rings. The summed E-state index contributed by atoms with van der Waals surface area (Å²) in [5.74, 6) is -1.54. The van der Waals surface area contributed by atoms with E-state index in [2.05, 4.69) is 23.3 Å². The average molecular weight is 395 g/mol. The smallest absolute Gasteiger partial charge is 0.246 e. The van der Waals surface area contributed by atoms with Crippen molar-refractivity contribution in [2.45, 2.75) is 26.7 Å². The van der Waals surface area contributed by atoms with E-state index in [1.165, 1.54) is 22.5 Å². The van der Waals surface area contributed by atoms with Gasteiger partial charge in [0, 0.05) is 10.9 Å². The number of imide groups is 1. The minimum Gasteiger partial charge on any atom is -0.300 e. The number of likely N-dealkylation sites (tertiary alicyclic amines) is 1. The fourth-order valence-corrected chi connectivity index (χ4v) is 4.43. The van der Waals surface area contributed by atoms with Crippen LogP contribution in [0.4, 0.5) is 5.13 Å². The van der Waals surface area contributed by atoms with Crippen LogP contribution in [0.2, 0.25) is 0 Å². The van der Waals surface area contributed by atoms with Gasteiger partial charge in [-0.25, -0.2) is 4.98 Å². The summed E-state index contributed by atoms with van der Waals surface area (Å²) in [6, 6.07) is 6.11. The summed E-state index contributed by atoms with van der Waals surface area (Å²) in [6.45, 7) is 3.84. The van der Waals surface area contributed by atoms with Crippen LogP contribution in [0.15, 0.2) is 35.7 Å². The van der Waals surface area contributed by atoms with E-state index in [0.29, 0.717) is 18.0 Å². The molecule has 7 heteroatoms. The van der Waals surface area contributed by atoms with Crippen molar-refractivity contribution >= 4 is 34.2 Å². The van der Waals surface area contributed by atoms with E-state index in [9.17, 15) is 14.4 Å². The van der Waals surface area contributed by atoms with Gasteiger partial charge in [0.1, 0.15) is 6.54 Å². The first kappa shape index (κ1) is 18.6. The Hall–Kier alpha value is -2.80. The average Bonchev–Trinajstić information content (AvgIpc) is 3.23. The molecule has 0 saturated carbocycles. The zero-order valence-electron chi connectivity index (χ0n) is 15.8. The lowest BCUT2D eigenvalue weighted by Crippen LogP contribution is -2.38. The summed E-state index contributed by atoms with van der Waals surface area (Å²) in [4.78, 5) is 42.9. The second-order valence-electron chi connectivity index (χ2n) is 7.30. The maximum atomic E-state index is 12.5. The molecule has 0 radical (unpaired) electrons. The molecule has 2 aromatic rings. The minimum atomic E-state index is -0.408. The van der Waals surface area contributed by atoms with Gasteiger partial charge in [-0.15, -0.1) is 11.3 Å². The fourth-order valence-electron chi connectivity index (χ4n) is 3.69. The summed E-state index contributed by atoms with van der Waals surface area (Å²) in [5, 5.41) is 5.05. The molecule has 1 aromatic heterocycles. The van der Waals surface area contributed by atoms with Gasteiger partial charge >= 0.3 is 0 Å². The molecular weight excluding hydrogens is 374 g/mol. The van der Waals surface area contributed by atoms with Crippen LogP contribution in [0.5, 0.6) is 0 Å². The molecule has 6 nitrogen and oxygen atoms in total. The number of aromatic nitrogens is 1. The SMILES string of the molecule is Cc1ccc(-c2csc(NC(=O)CN3C(=O)[C@@H]4CC=CC[C@H]4C3=O)n2)cc1C. The monoisotopic (exact) mass is 395 g/mol. The Morgan fingerprint density at radius 2 is 1.82 bits per heavy atom. The molecular formula is C21H21N3O3S. The molecule has 4 rings (SSSR count). The molecule has 0 spiro atoms. The maximum Gasteiger partial charge on any atom is 0.246 e. The van der Waals surface area contributed by atoms with Crippen LogP contribution < -0.4 is 5.32 Å². The number of rotatable bonds is 4. The highest BCUT2D eigenvalue weighted by atomic mass is 32.1. The van der Waals surface area contributed by atoms with Gasteiger partial charge in [-0.3, -0.25) is 19.3 Å². The number of benzene rings is 1. The molecule has 1 aliphatic heterocycles. The van der Waals surface area contributed by atoms with Gasteiger partial charge in [0.05, 0.1) is 17.5 Å². The Bertz CT molecular complexity index is 969. The summed E-state index contributed by atoms with van der Waals surface area (Å²) < 4.78 is 0. The highest BCUT2D eigenvalue weighted by Gasteiger charge is 2.47. The van der Waals surface area contributed by atoms with E-state index in [0.717, 1.165) is 16.2 Å². The Morgan fingerprint density at radius 1 is 1.14 bits per heavy atom. The number of hydrogen-bond acceptors (Lipinski definition) is 5. The lowest BCUT2D eigenvalue weighted by Gasteiger charge is -2.14. The largest absolute Gasteiger partial charge is 0.300 e. The number of anilines is 1. The minimum absolute atomic E-state index is 0.246. The van der Waals surface area contributed by atoms with E-state index >= 15 is 0 Å². The van der Waals surface area contributed by atoms with Crippen LogP contribution in [0.1, 0.15) is 24.0 Å². The Kier molecular flexibility index (Phi) is 4.85. The molecule has 1 N–H and O–H groups in total. The van der Waals surface area contributed by atoms with Crippen LogP contribution in [0.3, 0.4) is 0 Å². The third-order valence-electron chi connectivity index (χ3n) is 5.45. The van der Waals surface area contributed by atoms with Crippen LogP contribution in [0, 0.1) is 25.7 Å². The van der Waals surface area contributed by atoms with E-state index < -0.39 is 5.91 Å². The van der Waals surface area contributed by atoms with Crippen molar-refractivity contribution in [2.75, 3.05) is 11.9 Å². The standard InChI is InChI=1S/C21H21N3O3S/c1-12-7-8-14(9-13(12)2)17-11-28-21(22-17)23-18(25)10-24-19(26)15-5-3-4-6-16(15)20(24)27/h3-4,7-9,11,15-16H,5-6,10H2,1-2H3,(H,22,23,25)/t15-,16-/m1/s1. The second kappa shape index (κ2) is 7.31. The fraction of sp³-hybridized carbons (Fsp3) is 0.333. The number of aryl methyl sites for hydroxylation is 2. The molecule has 1 saturated heterocycles. The first-order valence-electron chi connectivity index (χ1n) is 9.27. The first-order chi connectivity index (χ1) is 13.4. The van der Waals surface area contributed by atoms with Crippen LogP contribution in [-0.2, 0) is 14.4 Å². The molecule has 2 aliphatic rings. The summed E-state index contributed by atoms with van der Waals surface area (Å²) in [5.41, 5.74) is 4.16. The number of carbonyl (C=O) groups excluding carboxylic acids is 3. The van der Waals surface area contributed by atoms with Crippen molar-refractivity contribution in [1.82, 2.24) is 9.88 Å². The molecule has 28 heavy (non-hydrogen) atoms. The lowest BCUT2D eigenvalue weighted by atomic mass is 9.85. The van der Waals surface area contributed by atoms with Crippen LogP contribution in [0.25, 0.3) is 11.3 Å². The van der Waals surface area contributed by atoms with E-state index in [4.69, 9.17) is 0 Å². The molecule has 0 bridgehead atoms. The quantitative estimate of drug-likeness (QED) is 0.636. The summed E-state index contributed by atoms with van der Waals surface area (Å²) in [7, 11) is 0. The predicted molar refractivity (Wildman–Crippen MR) is 108 cm³/mol. The van der Waals surface area contributed by atoms with Gasteiger partial charge in [-0.2, -0.15) is 0 Å². The normalized spacial score (nSPS) is 21.1. The predicted octanol–water partition coefficient (Wildman–Crippen LogP) is 3.32. The first-order valence-corrected chi connectivity index (χ1v) is 10.1. The third-order valence-corrected chi connectivity index (χ3v) is 6.21. The highest BCUT2D eigenvalue weighted by Crippen LogP contribution is 2.35. The van der Waals surface area contributed by atoms with Gasteiger partial charge in [-0.05, 0) is 43.9 Å². The van der Waals surface area contributed by atoms with Crippen molar-refractivity contribution in [1.29, 1.82) is 0 Å². The molecule has 144 valence electrons. The number of amides is 3. The molecule has 1 aromatic carbocycles. The second-order valence-corrected chi connectivity index (χ2v) is 8.16. The van der Waals surface area contributed by atoms with Gasteiger partial charge in [-0.1, -0.05) is 24.3 Å². The Morgan fingerprint density at radius 3 is 2.46 bits per heavy atom. The number of allylic oxidation sites excluding steroid dienone is 2. The molecule has 0 unspecified atom stereocenters. The Balaban J connectivity index is 1.42. The summed E-state index contributed by atoms with van der Waals surface area (Å²) in [6.07, 6.45) is 5.00. The number of nitrogens with one attached hydrogen (secondary N) is 1. The number of fused-ring (bicyclic) bond motifs is 1. The van der Waals surface area contributed by atoms with Crippen molar-refractivity contribution in [2.24, 2.45) is 11.8 Å². The summed E-state index contributed by atoms with van der Waals surface area (Å²) >= 11 is 1.32. The van der Waals surface area contributed by atoms with Crippen molar-refractivity contribution < 1.29 is 14.4 Å². The lowest BCUT2D eigenvalue weighted by molar-refractivity contribution is -0.142. The van der Waals surface area contributed by atoms with Crippen LogP contribution >= 0.6 is 11.3 Å². The van der Waals surface area contributed by atoms with E-state index in [1.54, 1.807) is 0 Å². The van der Waals surface area contributed by atoms with Crippen molar-refractivity contribution in [3.63, 3.8) is 0 Å². The van der Waals surface area contributed by atoms with E-state index in [1.807, 2.05) is 36.6 Å². The van der Waals surface area contributed by atoms with Gasteiger partial charge in [0.25, 0.3) is 0 Å². The topological polar surface area (TPSA) is 79.4 Å². The van der Waals surface area contributed by atoms with Gasteiger partial charge in [0.2, 0.25) is 17.7 Å². The van der Waals surface area contributed by atoms with Crippen molar-refractivity contribution in [3.8, 4) is 11.3 Å². The number of thiazole rings is 1. The number of nitrogens with zero attached hydrogens (tertiary/aromatic N) is 2. The molecule has 3 amide bonds. The zero-order valence-corrected chi connectivity index (χ0v) is 16.6. The van der Waals surface area contributed by atoms with Crippen molar-refractivity contribution in [3.05, 3.63) is 46.9 Å². The van der Waals surface area contributed by atoms with Gasteiger partial charge < -0.3 is 5.32 Å². The maximum absolute atomic E-state index is 12.5. The Labute approximate surface area is 167 Å². The third kappa shape index (κ3) is 3.38. The van der Waals surface area contributed by atoms with E-state index in [-0.39, 0.29) is 30.2 Å². The highest BCUT2D eigenvalue weighted by molar-refractivity contribution is 7.14.